The van der Waals surface area contributed by atoms with Gasteiger partial charge in [-0.05, 0) is 26.3 Å². The Balaban J connectivity index is 2.43. The molecule has 3 atom stereocenters. The summed E-state index contributed by atoms with van der Waals surface area (Å²) >= 11 is 0. The summed E-state index contributed by atoms with van der Waals surface area (Å²) in [7, 11) is 0. The van der Waals surface area contributed by atoms with Gasteiger partial charge >= 0.3 is 0 Å². The molecule has 0 aromatic carbocycles. The quantitative estimate of drug-likeness (QED) is 0.697. The molecule has 1 aliphatic heterocycles. The molecule has 1 saturated heterocycles. The van der Waals surface area contributed by atoms with E-state index in [2.05, 4.69) is 31.0 Å². The van der Waals surface area contributed by atoms with Crippen molar-refractivity contribution >= 4 is 0 Å². The summed E-state index contributed by atoms with van der Waals surface area (Å²) in [6, 6.07) is 0.693. The van der Waals surface area contributed by atoms with Crippen molar-refractivity contribution in [2.45, 2.75) is 51.8 Å². The number of rotatable bonds is 7. The number of morpholine rings is 1. The minimum atomic E-state index is 0.189. The second-order valence-electron chi connectivity index (χ2n) is 4.99. The Bertz CT molecular complexity index is 202. The predicted molar refractivity (Wildman–Crippen MR) is 70.2 cm³/mol. The molecule has 102 valence electrons. The molecule has 1 rings (SSSR count). The fraction of sp³-hybridized carbons (Fsp3) is 1.00. The van der Waals surface area contributed by atoms with E-state index in [4.69, 9.17) is 4.74 Å². The molecular weight excluding hydrogens is 216 g/mol. The van der Waals surface area contributed by atoms with Crippen LogP contribution >= 0.6 is 0 Å². The maximum atomic E-state index is 9.39. The van der Waals surface area contributed by atoms with Crippen LogP contribution in [0.25, 0.3) is 0 Å². The van der Waals surface area contributed by atoms with Crippen molar-refractivity contribution in [2.75, 3.05) is 32.8 Å². The van der Waals surface area contributed by atoms with Crippen LogP contribution in [-0.4, -0.2) is 61.0 Å². The van der Waals surface area contributed by atoms with E-state index in [1.807, 2.05) is 0 Å². The number of aliphatic hydroxyl groups excluding tert-OH is 1. The standard InChI is InChI=1S/C13H28N2O2/c1-4-6-14-12(9-16)8-15-7-11(3)17-10-13(15)5-2/h11-14,16H,4-10H2,1-3H3. The summed E-state index contributed by atoms with van der Waals surface area (Å²) in [6.07, 6.45) is 2.52. The van der Waals surface area contributed by atoms with Gasteiger partial charge in [0.15, 0.2) is 0 Å². The van der Waals surface area contributed by atoms with Crippen LogP contribution in [0.15, 0.2) is 0 Å². The van der Waals surface area contributed by atoms with Crippen LogP contribution in [0.4, 0.5) is 0 Å². The molecule has 1 aliphatic rings. The van der Waals surface area contributed by atoms with Crippen LogP contribution in [0.1, 0.15) is 33.6 Å². The van der Waals surface area contributed by atoms with Crippen LogP contribution in [0, 0.1) is 0 Å². The van der Waals surface area contributed by atoms with E-state index in [9.17, 15) is 5.11 Å². The van der Waals surface area contributed by atoms with E-state index in [1.54, 1.807) is 0 Å². The Morgan fingerprint density at radius 3 is 2.82 bits per heavy atom. The maximum Gasteiger partial charge on any atom is 0.0674 e. The highest BCUT2D eigenvalue weighted by Gasteiger charge is 2.27. The largest absolute Gasteiger partial charge is 0.395 e. The summed E-state index contributed by atoms with van der Waals surface area (Å²) in [4.78, 5) is 2.46. The van der Waals surface area contributed by atoms with Gasteiger partial charge in [-0.25, -0.2) is 0 Å². The van der Waals surface area contributed by atoms with E-state index in [1.165, 1.54) is 0 Å². The van der Waals surface area contributed by atoms with Crippen LogP contribution < -0.4 is 5.32 Å². The zero-order valence-electron chi connectivity index (χ0n) is 11.5. The molecule has 4 nitrogen and oxygen atoms in total. The average Bonchev–Trinajstić information content (AvgIpc) is 2.34. The Labute approximate surface area is 105 Å². The van der Waals surface area contributed by atoms with Crippen molar-refractivity contribution in [2.24, 2.45) is 0 Å². The molecule has 0 bridgehead atoms. The minimum Gasteiger partial charge on any atom is -0.395 e. The van der Waals surface area contributed by atoms with Gasteiger partial charge in [0.05, 0.1) is 19.3 Å². The van der Waals surface area contributed by atoms with Gasteiger partial charge in [-0.3, -0.25) is 4.90 Å². The summed E-state index contributed by atoms with van der Waals surface area (Å²) < 4.78 is 5.68. The monoisotopic (exact) mass is 244 g/mol. The Kier molecular flexibility index (Phi) is 7.04. The lowest BCUT2D eigenvalue weighted by Crippen LogP contribution is -2.54. The van der Waals surface area contributed by atoms with Gasteiger partial charge in [0.25, 0.3) is 0 Å². The minimum absolute atomic E-state index is 0.189. The second-order valence-corrected chi connectivity index (χ2v) is 4.99. The van der Waals surface area contributed by atoms with Gasteiger partial charge < -0.3 is 15.2 Å². The molecule has 17 heavy (non-hydrogen) atoms. The summed E-state index contributed by atoms with van der Waals surface area (Å²) in [5, 5.41) is 12.8. The lowest BCUT2D eigenvalue weighted by molar-refractivity contribution is -0.0600. The van der Waals surface area contributed by atoms with E-state index in [0.717, 1.165) is 39.1 Å². The first-order valence-corrected chi connectivity index (χ1v) is 6.91. The van der Waals surface area contributed by atoms with Gasteiger partial charge in [-0.15, -0.1) is 0 Å². The second kappa shape index (κ2) is 8.03. The van der Waals surface area contributed by atoms with Crippen molar-refractivity contribution in [1.29, 1.82) is 0 Å². The highest BCUT2D eigenvalue weighted by Crippen LogP contribution is 2.14. The lowest BCUT2D eigenvalue weighted by atomic mass is 10.1. The Hall–Kier alpha value is -0.160. The van der Waals surface area contributed by atoms with Crippen molar-refractivity contribution < 1.29 is 9.84 Å². The third kappa shape index (κ3) is 4.92. The predicted octanol–water partition coefficient (Wildman–Crippen LogP) is 0.846. The van der Waals surface area contributed by atoms with Crippen LogP contribution in [0.3, 0.4) is 0 Å². The molecule has 0 radical (unpaired) electrons. The number of hydrogen-bond acceptors (Lipinski definition) is 4. The van der Waals surface area contributed by atoms with Crippen molar-refractivity contribution in [1.82, 2.24) is 10.2 Å². The molecular formula is C13H28N2O2. The van der Waals surface area contributed by atoms with Gasteiger partial charge in [0, 0.05) is 25.2 Å². The molecule has 0 spiro atoms. The normalized spacial score (nSPS) is 28.2. The van der Waals surface area contributed by atoms with Crippen LogP contribution in [0.5, 0.6) is 0 Å². The zero-order valence-corrected chi connectivity index (χ0v) is 11.5. The van der Waals surface area contributed by atoms with Crippen LogP contribution in [0.2, 0.25) is 0 Å². The number of aliphatic hydroxyl groups is 1. The van der Waals surface area contributed by atoms with Gasteiger partial charge in [0.2, 0.25) is 0 Å². The first kappa shape index (κ1) is 14.9. The summed E-state index contributed by atoms with van der Waals surface area (Å²) in [5.74, 6) is 0. The van der Waals surface area contributed by atoms with Gasteiger partial charge in [-0.2, -0.15) is 0 Å². The highest BCUT2D eigenvalue weighted by molar-refractivity contribution is 4.81. The third-order valence-electron chi connectivity index (χ3n) is 3.41. The first-order valence-electron chi connectivity index (χ1n) is 6.91. The number of ether oxygens (including phenoxy) is 1. The fourth-order valence-electron chi connectivity index (χ4n) is 2.33. The highest BCUT2D eigenvalue weighted by atomic mass is 16.5. The molecule has 1 fully saturated rings. The molecule has 1 heterocycles. The number of hydrogen-bond donors (Lipinski definition) is 2. The molecule has 2 N–H and O–H groups in total. The zero-order chi connectivity index (χ0) is 12.7. The van der Waals surface area contributed by atoms with Crippen molar-refractivity contribution in [3.8, 4) is 0 Å². The maximum absolute atomic E-state index is 9.39. The fourth-order valence-corrected chi connectivity index (χ4v) is 2.33. The molecule has 0 aromatic rings. The van der Waals surface area contributed by atoms with E-state index < -0.39 is 0 Å². The first-order chi connectivity index (χ1) is 8.21. The Morgan fingerprint density at radius 2 is 2.24 bits per heavy atom. The summed E-state index contributed by atoms with van der Waals surface area (Å²) in [5.41, 5.74) is 0. The SMILES string of the molecule is CCCNC(CO)CN1CC(C)OCC1CC. The third-order valence-corrected chi connectivity index (χ3v) is 3.41. The smallest absolute Gasteiger partial charge is 0.0674 e. The Morgan fingerprint density at radius 1 is 1.47 bits per heavy atom. The molecule has 0 aliphatic carbocycles. The van der Waals surface area contributed by atoms with E-state index >= 15 is 0 Å². The van der Waals surface area contributed by atoms with Crippen molar-refractivity contribution in [3.05, 3.63) is 0 Å². The van der Waals surface area contributed by atoms with Crippen molar-refractivity contribution in [3.63, 3.8) is 0 Å². The molecule has 4 heteroatoms. The average molecular weight is 244 g/mol. The molecule has 3 unspecified atom stereocenters. The van der Waals surface area contributed by atoms with E-state index in [-0.39, 0.29) is 12.6 Å². The summed E-state index contributed by atoms with van der Waals surface area (Å²) in [6.45, 7) is 10.4. The van der Waals surface area contributed by atoms with Gasteiger partial charge in [-0.1, -0.05) is 13.8 Å². The van der Waals surface area contributed by atoms with E-state index in [0.29, 0.717) is 12.1 Å². The lowest BCUT2D eigenvalue weighted by Gasteiger charge is -2.40. The molecule has 0 amide bonds. The van der Waals surface area contributed by atoms with Gasteiger partial charge in [0.1, 0.15) is 0 Å². The molecule has 0 aromatic heterocycles. The number of nitrogens with one attached hydrogen (secondary N) is 1. The molecule has 0 saturated carbocycles. The van der Waals surface area contributed by atoms with Crippen LogP contribution in [-0.2, 0) is 4.74 Å². The topological polar surface area (TPSA) is 44.7 Å². The number of nitrogens with zero attached hydrogens (tertiary/aromatic N) is 1.